The fraction of sp³-hybridized carbons (Fsp3) is 0.250. The van der Waals surface area contributed by atoms with Crippen molar-refractivity contribution in [3.05, 3.63) is 82.4 Å². The van der Waals surface area contributed by atoms with Crippen LogP contribution in [0.3, 0.4) is 0 Å². The van der Waals surface area contributed by atoms with E-state index in [4.69, 9.17) is 0 Å². The molecule has 118 valence electrons. The fourth-order valence-electron chi connectivity index (χ4n) is 4.63. The van der Waals surface area contributed by atoms with Gasteiger partial charge in [0.25, 0.3) is 0 Å². The zero-order valence-corrected chi connectivity index (χ0v) is 14.2. The summed E-state index contributed by atoms with van der Waals surface area (Å²) in [6.07, 6.45) is 6.10. The number of rotatable bonds is 4. The molecule has 0 amide bonds. The van der Waals surface area contributed by atoms with Gasteiger partial charge >= 0.3 is 0 Å². The number of hydrogen-bond acceptors (Lipinski definition) is 0. The van der Waals surface area contributed by atoms with Crippen molar-refractivity contribution in [2.45, 2.75) is 39.0 Å². The molecule has 0 aliphatic heterocycles. The molecule has 0 heterocycles. The Hall–Kier alpha value is -2.34. The SMILES string of the molecule is CCCCC1=C(c2ccccc2)c2ccc3c4c(ccc1c24)CC3. The average Bonchev–Trinajstić information content (AvgIpc) is 3.18. The van der Waals surface area contributed by atoms with Crippen LogP contribution in [0.25, 0.3) is 21.9 Å². The Kier molecular flexibility index (Phi) is 3.13. The van der Waals surface area contributed by atoms with E-state index in [9.17, 15) is 0 Å². The van der Waals surface area contributed by atoms with E-state index in [0.29, 0.717) is 0 Å². The lowest BCUT2D eigenvalue weighted by Gasteiger charge is -2.10. The largest absolute Gasteiger partial charge is 0.0654 e. The molecule has 0 bridgehead atoms. The van der Waals surface area contributed by atoms with Gasteiger partial charge in [-0.2, -0.15) is 0 Å². The molecule has 0 atom stereocenters. The van der Waals surface area contributed by atoms with E-state index in [1.54, 1.807) is 22.1 Å². The van der Waals surface area contributed by atoms with Crippen molar-refractivity contribution < 1.29 is 0 Å². The van der Waals surface area contributed by atoms with Crippen molar-refractivity contribution in [3.8, 4) is 0 Å². The number of aryl methyl sites for hydroxylation is 2. The fourth-order valence-corrected chi connectivity index (χ4v) is 4.63. The standard InChI is InChI=1S/C24H22/c1-2-3-9-19-20-14-12-17-10-11-18-13-15-21(24(20)22(17)18)23(19)16-7-5-4-6-8-16/h4-8,12-15H,2-3,9-11H2,1H3. The summed E-state index contributed by atoms with van der Waals surface area (Å²) in [5.74, 6) is 0. The van der Waals surface area contributed by atoms with Crippen LogP contribution in [0.1, 0.15) is 54.0 Å². The predicted octanol–water partition coefficient (Wildman–Crippen LogP) is 6.40. The molecule has 0 aromatic heterocycles. The van der Waals surface area contributed by atoms with E-state index < -0.39 is 0 Å². The molecular formula is C24H22. The third-order valence-electron chi connectivity index (χ3n) is 5.74. The Labute approximate surface area is 143 Å². The second-order valence-electron chi connectivity index (χ2n) is 7.12. The van der Waals surface area contributed by atoms with Gasteiger partial charge in [-0.25, -0.2) is 0 Å². The predicted molar refractivity (Wildman–Crippen MR) is 103 cm³/mol. The Morgan fingerprint density at radius 3 is 2.17 bits per heavy atom. The van der Waals surface area contributed by atoms with Crippen molar-refractivity contribution in [1.29, 1.82) is 0 Å². The molecule has 0 saturated heterocycles. The minimum Gasteiger partial charge on any atom is -0.0654 e. The van der Waals surface area contributed by atoms with E-state index in [1.807, 2.05) is 0 Å². The maximum Gasteiger partial charge on any atom is -0.00240 e. The van der Waals surface area contributed by atoms with Crippen LogP contribution in [0.5, 0.6) is 0 Å². The molecule has 3 aromatic carbocycles. The smallest absolute Gasteiger partial charge is 0.00240 e. The first-order valence-corrected chi connectivity index (χ1v) is 9.25. The summed E-state index contributed by atoms with van der Waals surface area (Å²) < 4.78 is 0. The minimum atomic E-state index is 1.18. The molecule has 0 radical (unpaired) electrons. The summed E-state index contributed by atoms with van der Waals surface area (Å²) in [4.78, 5) is 0. The second kappa shape index (κ2) is 5.34. The summed E-state index contributed by atoms with van der Waals surface area (Å²) in [5.41, 5.74) is 10.5. The van der Waals surface area contributed by atoms with E-state index in [1.165, 1.54) is 59.8 Å². The molecule has 5 rings (SSSR count). The third kappa shape index (κ3) is 1.86. The molecule has 0 nitrogen and oxygen atoms in total. The van der Waals surface area contributed by atoms with Crippen LogP contribution in [0.15, 0.2) is 54.6 Å². The second-order valence-corrected chi connectivity index (χ2v) is 7.12. The van der Waals surface area contributed by atoms with E-state index in [0.717, 1.165) is 0 Å². The number of hydrogen-bond donors (Lipinski definition) is 0. The highest BCUT2D eigenvalue weighted by molar-refractivity contribution is 6.18. The van der Waals surface area contributed by atoms with Crippen molar-refractivity contribution >= 4 is 21.9 Å². The molecule has 0 spiro atoms. The molecule has 2 aliphatic carbocycles. The quantitative estimate of drug-likeness (QED) is 0.523. The molecule has 24 heavy (non-hydrogen) atoms. The first kappa shape index (κ1) is 14.0. The van der Waals surface area contributed by atoms with Gasteiger partial charge in [0.15, 0.2) is 0 Å². The summed E-state index contributed by atoms with van der Waals surface area (Å²) in [6.45, 7) is 2.29. The van der Waals surface area contributed by atoms with Crippen molar-refractivity contribution in [3.63, 3.8) is 0 Å². The van der Waals surface area contributed by atoms with Crippen LogP contribution in [-0.4, -0.2) is 0 Å². The first-order valence-electron chi connectivity index (χ1n) is 9.25. The van der Waals surface area contributed by atoms with Crippen LogP contribution in [0, 0.1) is 0 Å². The van der Waals surface area contributed by atoms with Gasteiger partial charge in [-0.1, -0.05) is 67.9 Å². The van der Waals surface area contributed by atoms with Gasteiger partial charge in [-0.15, -0.1) is 0 Å². The van der Waals surface area contributed by atoms with Gasteiger partial charge in [-0.3, -0.25) is 0 Å². The minimum absolute atomic E-state index is 1.18. The van der Waals surface area contributed by atoms with Gasteiger partial charge in [0.2, 0.25) is 0 Å². The maximum absolute atomic E-state index is 2.40. The summed E-state index contributed by atoms with van der Waals surface area (Å²) in [7, 11) is 0. The van der Waals surface area contributed by atoms with Crippen molar-refractivity contribution in [1.82, 2.24) is 0 Å². The van der Waals surface area contributed by atoms with Gasteiger partial charge in [0.1, 0.15) is 0 Å². The lowest BCUT2D eigenvalue weighted by atomic mass is 9.94. The molecule has 3 aromatic rings. The van der Waals surface area contributed by atoms with Gasteiger partial charge < -0.3 is 0 Å². The molecule has 0 unspecified atom stereocenters. The molecule has 0 heteroatoms. The van der Waals surface area contributed by atoms with Gasteiger partial charge in [-0.05, 0) is 75.4 Å². The van der Waals surface area contributed by atoms with Crippen molar-refractivity contribution in [2.24, 2.45) is 0 Å². The van der Waals surface area contributed by atoms with Crippen LogP contribution in [0.4, 0.5) is 0 Å². The molecular weight excluding hydrogens is 288 g/mol. The monoisotopic (exact) mass is 310 g/mol. The summed E-state index contributed by atoms with van der Waals surface area (Å²) in [5, 5.41) is 3.09. The average molecular weight is 310 g/mol. The van der Waals surface area contributed by atoms with Crippen LogP contribution < -0.4 is 0 Å². The highest BCUT2D eigenvalue weighted by Gasteiger charge is 2.28. The van der Waals surface area contributed by atoms with E-state index >= 15 is 0 Å². The number of unbranched alkanes of at least 4 members (excludes halogenated alkanes) is 1. The first-order chi connectivity index (χ1) is 11.9. The Morgan fingerprint density at radius 1 is 0.750 bits per heavy atom. The molecule has 0 N–H and O–H groups in total. The Balaban J connectivity index is 1.83. The van der Waals surface area contributed by atoms with E-state index in [2.05, 4.69) is 61.5 Å². The van der Waals surface area contributed by atoms with Crippen molar-refractivity contribution in [2.75, 3.05) is 0 Å². The third-order valence-corrected chi connectivity index (χ3v) is 5.74. The van der Waals surface area contributed by atoms with Crippen LogP contribution in [-0.2, 0) is 12.8 Å². The molecule has 0 fully saturated rings. The summed E-state index contributed by atoms with van der Waals surface area (Å²) >= 11 is 0. The highest BCUT2D eigenvalue weighted by Crippen LogP contribution is 2.49. The lowest BCUT2D eigenvalue weighted by Crippen LogP contribution is -1.89. The number of benzene rings is 3. The zero-order valence-electron chi connectivity index (χ0n) is 14.2. The van der Waals surface area contributed by atoms with Gasteiger partial charge in [0, 0.05) is 0 Å². The van der Waals surface area contributed by atoms with Gasteiger partial charge in [0.05, 0.1) is 0 Å². The Bertz CT molecular complexity index is 964. The summed E-state index contributed by atoms with van der Waals surface area (Å²) in [6, 6.07) is 20.5. The topological polar surface area (TPSA) is 0 Å². The Morgan fingerprint density at radius 2 is 1.46 bits per heavy atom. The number of allylic oxidation sites excluding steroid dienone is 1. The van der Waals surface area contributed by atoms with Crippen LogP contribution >= 0.6 is 0 Å². The van der Waals surface area contributed by atoms with Crippen LogP contribution in [0.2, 0.25) is 0 Å². The van der Waals surface area contributed by atoms with E-state index in [-0.39, 0.29) is 0 Å². The lowest BCUT2D eigenvalue weighted by molar-refractivity contribution is 0.826. The maximum atomic E-state index is 2.40. The normalized spacial score (nSPS) is 14.9. The zero-order chi connectivity index (χ0) is 16.1. The molecule has 0 saturated carbocycles. The highest BCUT2D eigenvalue weighted by atomic mass is 14.3. The molecule has 2 aliphatic rings.